The van der Waals surface area contributed by atoms with Crippen LogP contribution in [0.25, 0.3) is 0 Å². The predicted octanol–water partition coefficient (Wildman–Crippen LogP) is 3.40. The van der Waals surface area contributed by atoms with Crippen molar-refractivity contribution in [2.75, 3.05) is 26.2 Å². The standard InChI is InChI=1S/2C12H20N2O3.2ClH/c2*1-3-12(4-2)10(15)14(11(16)17-12)9-6-5-7-13-8-9;;/h2*9,13H,3-8H2,1-2H3;2*1H/t2*9-;;/m00../s1. The van der Waals surface area contributed by atoms with Gasteiger partial charge < -0.3 is 20.1 Å². The summed E-state index contributed by atoms with van der Waals surface area (Å²) in [6.07, 6.45) is 4.99. The van der Waals surface area contributed by atoms with Crippen molar-refractivity contribution < 1.29 is 28.7 Å². The molecule has 0 saturated carbocycles. The van der Waals surface area contributed by atoms with Crippen LogP contribution in [-0.2, 0) is 19.1 Å². The highest BCUT2D eigenvalue weighted by Gasteiger charge is 2.54. The highest BCUT2D eigenvalue weighted by molar-refractivity contribution is 6.03. The zero-order valence-corrected chi connectivity index (χ0v) is 23.4. The van der Waals surface area contributed by atoms with Crippen LogP contribution in [-0.4, -0.2) is 83.3 Å². The van der Waals surface area contributed by atoms with Crippen LogP contribution in [0.5, 0.6) is 0 Å². The minimum Gasteiger partial charge on any atom is -0.432 e. The van der Waals surface area contributed by atoms with Crippen LogP contribution in [0.3, 0.4) is 0 Å². The molecule has 0 bridgehead atoms. The second kappa shape index (κ2) is 13.8. The molecule has 4 amide bonds. The number of piperidine rings is 2. The molecular weight excluding hydrogens is 511 g/mol. The SMILES string of the molecule is CCC1(CC)OC(=O)N([C@H]2CCCNC2)C1=O.CCC1(CC)OC(=O)N([C@H]2CCCNC2)C1=O.Cl.Cl. The molecule has 0 aliphatic carbocycles. The molecule has 4 rings (SSSR count). The van der Waals surface area contributed by atoms with Crippen LogP contribution >= 0.6 is 24.8 Å². The molecule has 0 aromatic carbocycles. The van der Waals surface area contributed by atoms with E-state index in [1.54, 1.807) is 0 Å². The molecule has 12 heteroatoms. The van der Waals surface area contributed by atoms with Crippen molar-refractivity contribution in [2.45, 2.75) is 102 Å². The predicted molar refractivity (Wildman–Crippen MR) is 140 cm³/mol. The average molecular weight is 554 g/mol. The van der Waals surface area contributed by atoms with Crippen LogP contribution in [0.15, 0.2) is 0 Å². The second-order valence-electron chi connectivity index (χ2n) is 9.49. The Morgan fingerprint density at radius 1 is 0.694 bits per heavy atom. The Morgan fingerprint density at radius 2 is 1.03 bits per heavy atom. The third kappa shape index (κ3) is 6.09. The molecule has 36 heavy (non-hydrogen) atoms. The maximum atomic E-state index is 12.4. The van der Waals surface area contributed by atoms with Gasteiger partial charge >= 0.3 is 12.2 Å². The monoisotopic (exact) mass is 552 g/mol. The fourth-order valence-corrected chi connectivity index (χ4v) is 5.26. The summed E-state index contributed by atoms with van der Waals surface area (Å²) < 4.78 is 10.7. The highest BCUT2D eigenvalue weighted by Crippen LogP contribution is 2.34. The lowest BCUT2D eigenvalue weighted by Crippen LogP contribution is -2.50. The van der Waals surface area contributed by atoms with Crippen molar-refractivity contribution in [1.82, 2.24) is 20.4 Å². The number of halogens is 2. The molecule has 4 aliphatic heterocycles. The van der Waals surface area contributed by atoms with E-state index in [2.05, 4.69) is 10.6 Å². The van der Waals surface area contributed by atoms with Crippen molar-refractivity contribution >= 4 is 48.8 Å². The van der Waals surface area contributed by atoms with Gasteiger partial charge in [0.1, 0.15) is 0 Å². The minimum atomic E-state index is -0.908. The van der Waals surface area contributed by atoms with E-state index in [0.717, 1.165) is 38.8 Å². The van der Waals surface area contributed by atoms with E-state index in [9.17, 15) is 19.2 Å². The number of ether oxygens (including phenoxy) is 2. The van der Waals surface area contributed by atoms with E-state index < -0.39 is 23.4 Å². The van der Waals surface area contributed by atoms with Gasteiger partial charge in [0.2, 0.25) is 0 Å². The number of hydrogen-bond acceptors (Lipinski definition) is 8. The Bertz CT molecular complexity index is 715. The number of rotatable bonds is 6. The molecule has 0 aromatic heterocycles. The number of amides is 4. The van der Waals surface area contributed by atoms with Crippen LogP contribution in [0.2, 0.25) is 0 Å². The van der Waals surface area contributed by atoms with E-state index in [4.69, 9.17) is 9.47 Å². The zero-order chi connectivity index (χ0) is 24.9. The van der Waals surface area contributed by atoms with Crippen LogP contribution in [0, 0.1) is 0 Å². The Kier molecular flexibility index (Phi) is 12.4. The van der Waals surface area contributed by atoms with Crippen molar-refractivity contribution in [3.8, 4) is 0 Å². The van der Waals surface area contributed by atoms with Gasteiger partial charge in [0.25, 0.3) is 11.8 Å². The van der Waals surface area contributed by atoms with E-state index in [-0.39, 0.29) is 48.7 Å². The van der Waals surface area contributed by atoms with Gasteiger partial charge in [0.15, 0.2) is 11.2 Å². The van der Waals surface area contributed by atoms with Gasteiger partial charge in [-0.15, -0.1) is 24.8 Å². The van der Waals surface area contributed by atoms with Gasteiger partial charge in [-0.05, 0) is 64.5 Å². The number of imide groups is 2. The van der Waals surface area contributed by atoms with Gasteiger partial charge in [-0.2, -0.15) is 0 Å². The minimum absolute atomic E-state index is 0. The first kappa shape index (κ1) is 32.4. The van der Waals surface area contributed by atoms with E-state index in [0.29, 0.717) is 38.8 Å². The molecule has 0 aromatic rings. The number of nitrogens with zero attached hydrogens (tertiary/aromatic N) is 2. The molecule has 0 radical (unpaired) electrons. The molecule has 0 unspecified atom stereocenters. The van der Waals surface area contributed by atoms with E-state index in [1.165, 1.54) is 9.80 Å². The Morgan fingerprint density at radius 3 is 1.25 bits per heavy atom. The first-order valence-electron chi connectivity index (χ1n) is 12.8. The van der Waals surface area contributed by atoms with Crippen molar-refractivity contribution in [2.24, 2.45) is 0 Å². The molecule has 10 nitrogen and oxygen atoms in total. The van der Waals surface area contributed by atoms with Crippen molar-refractivity contribution in [3.05, 3.63) is 0 Å². The van der Waals surface area contributed by atoms with Gasteiger partial charge in [0, 0.05) is 13.1 Å². The maximum absolute atomic E-state index is 12.4. The molecule has 0 spiro atoms. The van der Waals surface area contributed by atoms with Crippen LogP contribution in [0.4, 0.5) is 9.59 Å². The maximum Gasteiger partial charge on any atom is 0.418 e. The van der Waals surface area contributed by atoms with Gasteiger partial charge in [0.05, 0.1) is 12.1 Å². The third-order valence-corrected chi connectivity index (χ3v) is 7.73. The fraction of sp³-hybridized carbons (Fsp3) is 0.833. The number of cyclic esters (lactones) is 2. The fourth-order valence-electron chi connectivity index (χ4n) is 5.26. The molecule has 4 fully saturated rings. The number of nitrogens with one attached hydrogen (secondary N) is 2. The number of hydrogen-bond donors (Lipinski definition) is 2. The van der Waals surface area contributed by atoms with E-state index in [1.807, 2.05) is 27.7 Å². The first-order valence-corrected chi connectivity index (χ1v) is 12.8. The summed E-state index contributed by atoms with van der Waals surface area (Å²) >= 11 is 0. The molecule has 2 atom stereocenters. The summed E-state index contributed by atoms with van der Waals surface area (Å²) in [7, 11) is 0. The lowest BCUT2D eigenvalue weighted by Gasteiger charge is -2.29. The third-order valence-electron chi connectivity index (χ3n) is 7.73. The van der Waals surface area contributed by atoms with Crippen molar-refractivity contribution in [3.63, 3.8) is 0 Å². The average Bonchev–Trinajstić information content (AvgIpc) is 3.29. The van der Waals surface area contributed by atoms with Gasteiger partial charge in [-0.25, -0.2) is 19.4 Å². The molecule has 4 saturated heterocycles. The summed E-state index contributed by atoms with van der Waals surface area (Å²) in [5, 5.41) is 6.43. The lowest BCUT2D eigenvalue weighted by atomic mass is 9.95. The van der Waals surface area contributed by atoms with Gasteiger partial charge in [-0.3, -0.25) is 9.59 Å². The number of carbonyl (C=O) groups is 4. The normalized spacial score (nSPS) is 26.8. The largest absolute Gasteiger partial charge is 0.432 e. The Hall–Kier alpha value is -1.62. The Balaban J connectivity index is 0.000000341. The number of carbonyl (C=O) groups excluding carboxylic acids is 4. The van der Waals surface area contributed by atoms with Crippen LogP contribution < -0.4 is 10.6 Å². The molecular formula is C24H42Cl2N4O6. The molecule has 4 aliphatic rings. The molecule has 4 heterocycles. The summed E-state index contributed by atoms with van der Waals surface area (Å²) in [6, 6.07) is -0.0764. The summed E-state index contributed by atoms with van der Waals surface area (Å²) in [5.41, 5.74) is -1.82. The topological polar surface area (TPSA) is 117 Å². The second-order valence-corrected chi connectivity index (χ2v) is 9.49. The highest BCUT2D eigenvalue weighted by atomic mass is 35.5. The van der Waals surface area contributed by atoms with Crippen molar-refractivity contribution in [1.29, 1.82) is 0 Å². The quantitative estimate of drug-likeness (QED) is 0.514. The first-order chi connectivity index (χ1) is 16.3. The lowest BCUT2D eigenvalue weighted by molar-refractivity contribution is -0.139. The summed E-state index contributed by atoms with van der Waals surface area (Å²) in [6.45, 7) is 10.8. The Labute approximate surface area is 226 Å². The van der Waals surface area contributed by atoms with E-state index >= 15 is 0 Å². The molecule has 2 N–H and O–H groups in total. The summed E-state index contributed by atoms with van der Waals surface area (Å²) in [5.74, 6) is -0.303. The summed E-state index contributed by atoms with van der Waals surface area (Å²) in [4.78, 5) is 51.1. The molecule has 208 valence electrons. The smallest absolute Gasteiger partial charge is 0.418 e. The van der Waals surface area contributed by atoms with Gasteiger partial charge in [-0.1, -0.05) is 27.7 Å². The zero-order valence-electron chi connectivity index (χ0n) is 21.8. The van der Waals surface area contributed by atoms with Crippen LogP contribution in [0.1, 0.15) is 79.1 Å².